The molecule has 2 heterocycles. The predicted octanol–water partition coefficient (Wildman–Crippen LogP) is 2.77. The molecule has 0 amide bonds. The summed E-state index contributed by atoms with van der Waals surface area (Å²) in [7, 11) is 0. The van der Waals surface area contributed by atoms with Crippen LogP contribution in [0.25, 0.3) is 22.5 Å². The van der Waals surface area contributed by atoms with Crippen molar-refractivity contribution in [2.75, 3.05) is 0 Å². The number of hydrogen-bond acceptors (Lipinski definition) is 6. The molecule has 1 saturated carbocycles. The van der Waals surface area contributed by atoms with Gasteiger partial charge in [0.1, 0.15) is 11.3 Å². The average Bonchev–Trinajstić information content (AvgIpc) is 2.96. The van der Waals surface area contributed by atoms with Gasteiger partial charge in [-0.15, -0.1) is 0 Å². The second-order valence-electron chi connectivity index (χ2n) is 6.15. The van der Waals surface area contributed by atoms with Crippen LogP contribution in [0.4, 0.5) is 4.39 Å². The second-order valence-corrected chi connectivity index (χ2v) is 6.15. The molecule has 6 nitrogen and oxygen atoms in total. The summed E-state index contributed by atoms with van der Waals surface area (Å²) < 4.78 is 19.3. The van der Waals surface area contributed by atoms with Gasteiger partial charge in [0.2, 0.25) is 0 Å². The van der Waals surface area contributed by atoms with Gasteiger partial charge in [-0.05, 0) is 39.2 Å². The van der Waals surface area contributed by atoms with Gasteiger partial charge in [-0.2, -0.15) is 4.98 Å². The van der Waals surface area contributed by atoms with Crippen LogP contribution < -0.4 is 5.73 Å². The molecule has 2 aromatic heterocycles. The molecule has 0 radical (unpaired) electrons. The number of aryl methyl sites for hydroxylation is 2. The van der Waals surface area contributed by atoms with Gasteiger partial charge in [0.25, 0.3) is 5.89 Å². The minimum Gasteiger partial charge on any atom is -0.334 e. The van der Waals surface area contributed by atoms with Gasteiger partial charge in [0.15, 0.2) is 5.82 Å². The summed E-state index contributed by atoms with van der Waals surface area (Å²) in [5.41, 5.74) is 8.68. The molecule has 0 bridgehead atoms. The van der Waals surface area contributed by atoms with Crippen LogP contribution in [0, 0.1) is 19.7 Å². The Bertz CT molecular complexity index is 916. The number of rotatable bonds is 2. The van der Waals surface area contributed by atoms with Crippen LogP contribution in [0.2, 0.25) is 0 Å². The molecule has 4 rings (SSSR count). The van der Waals surface area contributed by atoms with Crippen molar-refractivity contribution in [3.8, 4) is 11.5 Å². The van der Waals surface area contributed by atoms with Crippen LogP contribution in [0.3, 0.4) is 0 Å². The van der Waals surface area contributed by atoms with E-state index in [1.807, 2.05) is 13.8 Å². The van der Waals surface area contributed by atoms with Crippen LogP contribution in [-0.2, 0) is 5.54 Å². The van der Waals surface area contributed by atoms with E-state index < -0.39 is 11.4 Å². The molecular formula is C16H16FN5O. The van der Waals surface area contributed by atoms with Gasteiger partial charge in [-0.25, -0.2) is 14.4 Å². The van der Waals surface area contributed by atoms with E-state index in [4.69, 9.17) is 10.3 Å². The van der Waals surface area contributed by atoms with E-state index in [0.717, 1.165) is 30.7 Å². The highest BCUT2D eigenvalue weighted by Crippen LogP contribution is 2.38. The Hall–Kier alpha value is -2.41. The Kier molecular flexibility index (Phi) is 2.96. The van der Waals surface area contributed by atoms with Crippen molar-refractivity contribution in [3.05, 3.63) is 35.2 Å². The Morgan fingerprint density at radius 2 is 1.87 bits per heavy atom. The molecule has 118 valence electrons. The molecule has 0 aliphatic heterocycles. The number of halogens is 1. The quantitative estimate of drug-likeness (QED) is 0.782. The monoisotopic (exact) mass is 313 g/mol. The molecule has 2 N–H and O–H groups in total. The van der Waals surface area contributed by atoms with Crippen LogP contribution >= 0.6 is 0 Å². The Morgan fingerprint density at radius 1 is 1.13 bits per heavy atom. The molecule has 3 aromatic rings. The summed E-state index contributed by atoms with van der Waals surface area (Å²) in [5, 5.41) is 3.98. The molecule has 1 fully saturated rings. The Labute approximate surface area is 131 Å². The third-order valence-corrected chi connectivity index (χ3v) is 4.49. The Balaban J connectivity index is 1.90. The maximum absolute atomic E-state index is 14.0. The third-order valence-electron chi connectivity index (χ3n) is 4.49. The van der Waals surface area contributed by atoms with Crippen LogP contribution in [0.5, 0.6) is 0 Å². The molecule has 0 spiro atoms. The van der Waals surface area contributed by atoms with Crippen molar-refractivity contribution < 1.29 is 8.91 Å². The van der Waals surface area contributed by atoms with E-state index in [9.17, 15) is 4.39 Å². The number of aromatic nitrogens is 4. The van der Waals surface area contributed by atoms with E-state index >= 15 is 0 Å². The first kappa shape index (κ1) is 14.2. The largest absolute Gasteiger partial charge is 0.334 e. The van der Waals surface area contributed by atoms with Gasteiger partial charge in [0, 0.05) is 6.07 Å². The molecular weight excluding hydrogens is 297 g/mol. The van der Waals surface area contributed by atoms with Gasteiger partial charge < -0.3 is 10.3 Å². The fourth-order valence-electron chi connectivity index (χ4n) is 2.78. The molecule has 1 aliphatic carbocycles. The summed E-state index contributed by atoms with van der Waals surface area (Å²) in [4.78, 5) is 13.3. The fraction of sp³-hybridized carbons (Fsp3) is 0.375. The molecule has 0 atom stereocenters. The first-order valence-electron chi connectivity index (χ1n) is 7.54. The lowest BCUT2D eigenvalue weighted by molar-refractivity contribution is 0.229. The molecule has 0 saturated heterocycles. The van der Waals surface area contributed by atoms with Crippen molar-refractivity contribution in [3.63, 3.8) is 0 Å². The van der Waals surface area contributed by atoms with Crippen molar-refractivity contribution >= 4 is 11.0 Å². The highest BCUT2D eigenvalue weighted by molar-refractivity contribution is 5.89. The molecule has 1 aromatic carbocycles. The first-order chi connectivity index (χ1) is 11.0. The van der Waals surface area contributed by atoms with Crippen LogP contribution in [0.15, 0.2) is 16.7 Å². The number of nitrogens with two attached hydrogens (primary N) is 1. The number of hydrogen-bond donors (Lipinski definition) is 1. The summed E-state index contributed by atoms with van der Waals surface area (Å²) in [6.45, 7) is 3.70. The van der Waals surface area contributed by atoms with E-state index in [0.29, 0.717) is 22.4 Å². The summed E-state index contributed by atoms with van der Waals surface area (Å²) >= 11 is 0. The lowest BCUT2D eigenvalue weighted by Crippen LogP contribution is -2.44. The zero-order chi connectivity index (χ0) is 16.2. The van der Waals surface area contributed by atoms with Crippen molar-refractivity contribution in [2.45, 2.75) is 38.6 Å². The lowest BCUT2D eigenvalue weighted by atomic mass is 9.77. The summed E-state index contributed by atoms with van der Waals surface area (Å²) in [6.07, 6.45) is 2.70. The number of benzene rings is 1. The summed E-state index contributed by atoms with van der Waals surface area (Å²) in [6, 6.07) is 2.69. The smallest absolute Gasteiger partial charge is 0.260 e. The molecule has 23 heavy (non-hydrogen) atoms. The van der Waals surface area contributed by atoms with E-state index in [2.05, 4.69) is 20.1 Å². The zero-order valence-corrected chi connectivity index (χ0v) is 12.9. The molecule has 1 aliphatic rings. The van der Waals surface area contributed by atoms with Crippen molar-refractivity contribution in [1.82, 2.24) is 20.1 Å². The van der Waals surface area contributed by atoms with E-state index in [-0.39, 0.29) is 5.89 Å². The third kappa shape index (κ3) is 2.19. The van der Waals surface area contributed by atoms with Gasteiger partial charge in [-0.3, -0.25) is 0 Å². The highest BCUT2D eigenvalue weighted by Gasteiger charge is 2.39. The predicted molar refractivity (Wildman–Crippen MR) is 82.0 cm³/mol. The van der Waals surface area contributed by atoms with Crippen molar-refractivity contribution in [2.24, 2.45) is 5.73 Å². The zero-order valence-electron chi connectivity index (χ0n) is 12.9. The first-order valence-corrected chi connectivity index (χ1v) is 7.54. The van der Waals surface area contributed by atoms with E-state index in [1.165, 1.54) is 12.1 Å². The number of nitrogens with zero attached hydrogens (tertiary/aromatic N) is 4. The normalized spacial score (nSPS) is 16.5. The maximum atomic E-state index is 14.0. The molecule has 0 unspecified atom stereocenters. The van der Waals surface area contributed by atoms with Gasteiger partial charge in [-0.1, -0.05) is 5.16 Å². The summed E-state index contributed by atoms with van der Waals surface area (Å²) in [5.74, 6) is 0.266. The Morgan fingerprint density at radius 3 is 2.57 bits per heavy atom. The van der Waals surface area contributed by atoms with Gasteiger partial charge >= 0.3 is 0 Å². The topological polar surface area (TPSA) is 90.7 Å². The lowest BCUT2D eigenvalue weighted by Gasteiger charge is -2.34. The van der Waals surface area contributed by atoms with Crippen LogP contribution in [0.1, 0.15) is 36.5 Å². The standard InChI is InChI=1S/C16H16FN5O/c1-8-9(2)20-13-11(6-10(17)7-12(13)19-8)14-21-15(22-23-14)16(18)4-3-5-16/h6-7H,3-5,18H2,1-2H3. The SMILES string of the molecule is Cc1nc2cc(F)cc(-c3nc(C4(N)CCC4)no3)c2nc1C. The minimum atomic E-state index is -0.525. The number of fused-ring (bicyclic) bond motifs is 1. The van der Waals surface area contributed by atoms with Crippen molar-refractivity contribution in [1.29, 1.82) is 0 Å². The second kappa shape index (κ2) is 4.79. The fourth-order valence-corrected chi connectivity index (χ4v) is 2.78. The molecule has 7 heteroatoms. The van der Waals surface area contributed by atoms with Crippen LogP contribution in [-0.4, -0.2) is 20.1 Å². The highest BCUT2D eigenvalue weighted by atomic mass is 19.1. The average molecular weight is 313 g/mol. The van der Waals surface area contributed by atoms with Gasteiger partial charge in [0.05, 0.1) is 28.0 Å². The van der Waals surface area contributed by atoms with E-state index in [1.54, 1.807) is 0 Å². The maximum Gasteiger partial charge on any atom is 0.260 e. The minimum absolute atomic E-state index is 0.221.